The predicted octanol–water partition coefficient (Wildman–Crippen LogP) is 3.62. The van der Waals surface area contributed by atoms with E-state index in [-0.39, 0.29) is 24.6 Å². The summed E-state index contributed by atoms with van der Waals surface area (Å²) in [5, 5.41) is 10.0. The standard InChI is InChI=1S/C16H11Cl2NO4/c17-11-2-1-3-12(18)10(11)7-19-13-6-9(16(21)22)4-5-14(13)23-8-15(19)20/h1-6H,7-8H2,(H,21,22). The van der Waals surface area contributed by atoms with Crippen molar-refractivity contribution >= 4 is 40.8 Å². The summed E-state index contributed by atoms with van der Waals surface area (Å²) >= 11 is 12.3. The van der Waals surface area contributed by atoms with E-state index in [1.165, 1.54) is 23.1 Å². The summed E-state index contributed by atoms with van der Waals surface area (Å²) in [6.07, 6.45) is 0. The van der Waals surface area contributed by atoms with Crippen LogP contribution in [-0.2, 0) is 11.3 Å². The van der Waals surface area contributed by atoms with Gasteiger partial charge in [-0.1, -0.05) is 29.3 Å². The smallest absolute Gasteiger partial charge is 0.335 e. The first-order valence-corrected chi connectivity index (χ1v) is 7.46. The van der Waals surface area contributed by atoms with Gasteiger partial charge in [0.05, 0.1) is 17.8 Å². The number of rotatable bonds is 3. The molecule has 0 fully saturated rings. The van der Waals surface area contributed by atoms with Gasteiger partial charge in [-0.2, -0.15) is 0 Å². The van der Waals surface area contributed by atoms with Crippen molar-refractivity contribution in [2.45, 2.75) is 6.54 Å². The number of aromatic carboxylic acids is 1. The molecule has 2 aromatic carbocycles. The average Bonchev–Trinajstić information content (AvgIpc) is 2.52. The molecule has 0 bridgehead atoms. The first-order chi connectivity index (χ1) is 11.0. The van der Waals surface area contributed by atoms with Crippen LogP contribution < -0.4 is 9.64 Å². The fourth-order valence-corrected chi connectivity index (χ4v) is 2.87. The number of hydrogen-bond acceptors (Lipinski definition) is 3. The first kappa shape index (κ1) is 15.6. The van der Waals surface area contributed by atoms with Gasteiger partial charge in [-0.3, -0.25) is 4.79 Å². The van der Waals surface area contributed by atoms with E-state index in [2.05, 4.69) is 0 Å². The molecule has 118 valence electrons. The number of amides is 1. The van der Waals surface area contributed by atoms with E-state index in [0.717, 1.165) is 0 Å². The lowest BCUT2D eigenvalue weighted by atomic mass is 10.1. The summed E-state index contributed by atoms with van der Waals surface area (Å²) in [5.74, 6) is -0.935. The predicted molar refractivity (Wildman–Crippen MR) is 86.5 cm³/mol. The van der Waals surface area contributed by atoms with Crippen LogP contribution >= 0.6 is 23.2 Å². The maximum Gasteiger partial charge on any atom is 0.335 e. The highest BCUT2D eigenvalue weighted by Crippen LogP contribution is 2.36. The number of ether oxygens (including phenoxy) is 1. The van der Waals surface area contributed by atoms with Gasteiger partial charge in [0.2, 0.25) is 0 Å². The van der Waals surface area contributed by atoms with Crippen LogP contribution in [0.3, 0.4) is 0 Å². The van der Waals surface area contributed by atoms with Gasteiger partial charge in [-0.25, -0.2) is 4.79 Å². The van der Waals surface area contributed by atoms with E-state index < -0.39 is 5.97 Å². The Morgan fingerprint density at radius 2 is 1.91 bits per heavy atom. The third-order valence-corrected chi connectivity index (χ3v) is 4.24. The number of carbonyl (C=O) groups excluding carboxylic acids is 1. The minimum Gasteiger partial charge on any atom is -0.482 e. The minimum atomic E-state index is -1.08. The molecule has 2 aromatic rings. The Morgan fingerprint density at radius 1 is 1.22 bits per heavy atom. The Hall–Kier alpha value is -2.24. The van der Waals surface area contributed by atoms with Crippen molar-refractivity contribution in [2.75, 3.05) is 11.5 Å². The van der Waals surface area contributed by atoms with E-state index in [1.807, 2.05) is 0 Å². The summed E-state index contributed by atoms with van der Waals surface area (Å²) in [6, 6.07) is 9.44. The molecular formula is C16H11Cl2NO4. The van der Waals surface area contributed by atoms with Gasteiger partial charge < -0.3 is 14.7 Å². The van der Waals surface area contributed by atoms with Gasteiger partial charge in [0.1, 0.15) is 5.75 Å². The molecule has 1 aliphatic rings. The number of hydrogen-bond donors (Lipinski definition) is 1. The second-order valence-corrected chi connectivity index (χ2v) is 5.77. The zero-order valence-corrected chi connectivity index (χ0v) is 13.3. The van der Waals surface area contributed by atoms with Crippen LogP contribution in [0.4, 0.5) is 5.69 Å². The Balaban J connectivity index is 2.04. The molecular weight excluding hydrogens is 341 g/mol. The van der Waals surface area contributed by atoms with Gasteiger partial charge in [0.25, 0.3) is 5.91 Å². The van der Waals surface area contributed by atoms with Crippen molar-refractivity contribution in [3.05, 3.63) is 57.6 Å². The number of nitrogens with zero attached hydrogens (tertiary/aromatic N) is 1. The Morgan fingerprint density at radius 3 is 2.57 bits per heavy atom. The monoisotopic (exact) mass is 351 g/mol. The van der Waals surface area contributed by atoms with E-state index in [0.29, 0.717) is 27.0 Å². The number of carbonyl (C=O) groups is 2. The fourth-order valence-electron chi connectivity index (χ4n) is 2.35. The summed E-state index contributed by atoms with van der Waals surface area (Å²) in [4.78, 5) is 24.8. The van der Waals surface area contributed by atoms with Gasteiger partial charge in [0.15, 0.2) is 6.61 Å². The Bertz CT molecular complexity index is 786. The van der Waals surface area contributed by atoms with Crippen LogP contribution in [0.25, 0.3) is 0 Å². The van der Waals surface area contributed by atoms with Crippen LogP contribution in [0, 0.1) is 0 Å². The van der Waals surface area contributed by atoms with Crippen LogP contribution in [0.1, 0.15) is 15.9 Å². The third kappa shape index (κ3) is 2.98. The molecule has 1 amide bonds. The normalized spacial score (nSPS) is 13.5. The molecule has 0 spiro atoms. The molecule has 1 heterocycles. The maximum absolute atomic E-state index is 12.2. The molecule has 0 radical (unpaired) electrons. The number of halogens is 2. The average molecular weight is 352 g/mol. The maximum atomic E-state index is 12.2. The van der Waals surface area contributed by atoms with Crippen molar-refractivity contribution in [2.24, 2.45) is 0 Å². The lowest BCUT2D eigenvalue weighted by molar-refractivity contribution is -0.121. The largest absolute Gasteiger partial charge is 0.482 e. The zero-order valence-electron chi connectivity index (χ0n) is 11.8. The number of benzene rings is 2. The molecule has 5 nitrogen and oxygen atoms in total. The van der Waals surface area contributed by atoms with E-state index in [1.54, 1.807) is 18.2 Å². The summed E-state index contributed by atoms with van der Waals surface area (Å²) in [7, 11) is 0. The van der Waals surface area contributed by atoms with Crippen molar-refractivity contribution in [1.29, 1.82) is 0 Å². The number of carboxylic acid groups (broad SMARTS) is 1. The quantitative estimate of drug-likeness (QED) is 0.916. The molecule has 0 aromatic heterocycles. The molecule has 7 heteroatoms. The molecule has 1 aliphatic heterocycles. The molecule has 0 unspecified atom stereocenters. The third-order valence-electron chi connectivity index (χ3n) is 3.53. The van der Waals surface area contributed by atoms with Crippen LogP contribution in [-0.4, -0.2) is 23.6 Å². The first-order valence-electron chi connectivity index (χ1n) is 6.71. The van der Waals surface area contributed by atoms with Crippen LogP contribution in [0.15, 0.2) is 36.4 Å². The van der Waals surface area contributed by atoms with Crippen LogP contribution in [0.2, 0.25) is 10.0 Å². The second-order valence-electron chi connectivity index (χ2n) is 4.96. The summed E-state index contributed by atoms with van der Waals surface area (Å²) < 4.78 is 5.35. The molecule has 0 saturated heterocycles. The summed E-state index contributed by atoms with van der Waals surface area (Å²) in [6.45, 7) is 0.0122. The van der Waals surface area contributed by atoms with Crippen molar-refractivity contribution in [1.82, 2.24) is 0 Å². The molecule has 3 rings (SSSR count). The van der Waals surface area contributed by atoms with Gasteiger partial charge in [0, 0.05) is 15.6 Å². The van der Waals surface area contributed by atoms with Gasteiger partial charge in [-0.15, -0.1) is 0 Å². The van der Waals surface area contributed by atoms with Crippen LogP contribution in [0.5, 0.6) is 5.75 Å². The zero-order chi connectivity index (χ0) is 16.6. The van der Waals surface area contributed by atoms with E-state index >= 15 is 0 Å². The van der Waals surface area contributed by atoms with Crippen molar-refractivity contribution in [3.8, 4) is 5.75 Å². The molecule has 0 aliphatic carbocycles. The van der Waals surface area contributed by atoms with Gasteiger partial charge in [-0.05, 0) is 30.3 Å². The topological polar surface area (TPSA) is 66.8 Å². The molecule has 23 heavy (non-hydrogen) atoms. The fraction of sp³-hybridized carbons (Fsp3) is 0.125. The highest BCUT2D eigenvalue weighted by molar-refractivity contribution is 6.36. The highest BCUT2D eigenvalue weighted by Gasteiger charge is 2.27. The highest BCUT2D eigenvalue weighted by atomic mass is 35.5. The minimum absolute atomic E-state index is 0.0669. The molecule has 0 saturated carbocycles. The number of fused-ring (bicyclic) bond motifs is 1. The van der Waals surface area contributed by atoms with Gasteiger partial charge >= 0.3 is 5.97 Å². The van der Waals surface area contributed by atoms with E-state index in [9.17, 15) is 9.59 Å². The number of anilines is 1. The molecule has 0 atom stereocenters. The Kier molecular flexibility index (Phi) is 4.15. The number of carboxylic acids is 1. The van der Waals surface area contributed by atoms with Crippen molar-refractivity contribution in [3.63, 3.8) is 0 Å². The lowest BCUT2D eigenvalue weighted by Crippen LogP contribution is -2.38. The Labute approximate surface area is 142 Å². The van der Waals surface area contributed by atoms with E-state index in [4.69, 9.17) is 33.0 Å². The molecule has 1 N–H and O–H groups in total. The SMILES string of the molecule is O=C(O)c1ccc2c(c1)N(Cc1c(Cl)cccc1Cl)C(=O)CO2. The second kappa shape index (κ2) is 6.10. The summed E-state index contributed by atoms with van der Waals surface area (Å²) in [5.41, 5.74) is 1.05. The lowest BCUT2D eigenvalue weighted by Gasteiger charge is -2.30. The van der Waals surface area contributed by atoms with Crippen molar-refractivity contribution < 1.29 is 19.4 Å².